The summed E-state index contributed by atoms with van der Waals surface area (Å²) in [6, 6.07) is 8.69. The Kier molecular flexibility index (Phi) is 3.17. The minimum atomic E-state index is 0.498. The van der Waals surface area contributed by atoms with E-state index >= 15 is 0 Å². The second-order valence-corrected chi connectivity index (χ2v) is 8.66. The molecular formula is C19H20BrCl. The monoisotopic (exact) mass is 362 g/mol. The molecule has 2 heteroatoms. The molecule has 3 atom stereocenters. The highest BCUT2D eigenvalue weighted by Gasteiger charge is 2.46. The number of benzene rings is 2. The van der Waals surface area contributed by atoms with Crippen molar-refractivity contribution in [3.05, 3.63) is 44.9 Å². The van der Waals surface area contributed by atoms with Crippen molar-refractivity contribution >= 4 is 38.3 Å². The van der Waals surface area contributed by atoms with Gasteiger partial charge in [-0.3, -0.25) is 0 Å². The van der Waals surface area contributed by atoms with Crippen LogP contribution in [0, 0.1) is 11.3 Å². The van der Waals surface area contributed by atoms with Crippen LogP contribution in [0.25, 0.3) is 10.8 Å². The van der Waals surface area contributed by atoms with Crippen LogP contribution in [0.4, 0.5) is 0 Å². The topological polar surface area (TPSA) is 0 Å². The average molecular weight is 364 g/mol. The van der Waals surface area contributed by atoms with Crippen molar-refractivity contribution in [1.82, 2.24) is 0 Å². The van der Waals surface area contributed by atoms with E-state index < -0.39 is 0 Å². The first-order valence-electron chi connectivity index (χ1n) is 7.88. The van der Waals surface area contributed by atoms with Crippen LogP contribution in [-0.2, 0) is 6.42 Å². The predicted molar refractivity (Wildman–Crippen MR) is 94.2 cm³/mol. The number of hydrogen-bond donors (Lipinski definition) is 0. The van der Waals surface area contributed by atoms with Crippen LogP contribution < -0.4 is 0 Å². The van der Waals surface area contributed by atoms with Gasteiger partial charge in [0.2, 0.25) is 0 Å². The van der Waals surface area contributed by atoms with Gasteiger partial charge in [-0.2, -0.15) is 0 Å². The van der Waals surface area contributed by atoms with Crippen molar-refractivity contribution in [2.24, 2.45) is 11.3 Å². The molecule has 0 nitrogen and oxygen atoms in total. The van der Waals surface area contributed by atoms with Gasteiger partial charge in [-0.05, 0) is 83.0 Å². The summed E-state index contributed by atoms with van der Waals surface area (Å²) in [6.45, 7) is 4.91. The highest BCUT2D eigenvalue weighted by molar-refractivity contribution is 9.10. The molecule has 2 aromatic carbocycles. The summed E-state index contributed by atoms with van der Waals surface area (Å²) < 4.78 is 1.22. The molecule has 4 rings (SSSR count). The molecule has 0 aliphatic heterocycles. The van der Waals surface area contributed by atoms with Gasteiger partial charge in [-0.25, -0.2) is 0 Å². The standard InChI is InChI=1S/C19H20BrCl/c1-11-7-17-16-9-18(20)14-4-3-12(21)8-15(14)13(16)5-6-19(17,2)10-11/h3-4,8-9,11,17H,5-7,10H2,1-2H3/t11-,17+,19-/m0/s1. The summed E-state index contributed by atoms with van der Waals surface area (Å²) in [5.74, 6) is 1.57. The molecule has 0 N–H and O–H groups in total. The van der Waals surface area contributed by atoms with E-state index in [2.05, 4.69) is 48.0 Å². The molecule has 0 amide bonds. The molecule has 110 valence electrons. The smallest absolute Gasteiger partial charge is 0.0412 e. The van der Waals surface area contributed by atoms with Gasteiger partial charge in [0.1, 0.15) is 0 Å². The summed E-state index contributed by atoms with van der Waals surface area (Å²) in [4.78, 5) is 0. The Balaban J connectivity index is 1.99. The zero-order chi connectivity index (χ0) is 14.8. The van der Waals surface area contributed by atoms with Crippen LogP contribution in [0.3, 0.4) is 0 Å². The van der Waals surface area contributed by atoms with Gasteiger partial charge in [0.05, 0.1) is 0 Å². The van der Waals surface area contributed by atoms with Crippen molar-refractivity contribution in [2.75, 3.05) is 0 Å². The second-order valence-electron chi connectivity index (χ2n) is 7.37. The van der Waals surface area contributed by atoms with Gasteiger partial charge in [-0.1, -0.05) is 47.4 Å². The van der Waals surface area contributed by atoms with Crippen molar-refractivity contribution in [2.45, 2.75) is 45.4 Å². The van der Waals surface area contributed by atoms with Crippen molar-refractivity contribution in [3.63, 3.8) is 0 Å². The minimum absolute atomic E-state index is 0.498. The van der Waals surface area contributed by atoms with Crippen molar-refractivity contribution in [3.8, 4) is 0 Å². The molecule has 0 bridgehead atoms. The van der Waals surface area contributed by atoms with E-state index in [1.54, 1.807) is 11.1 Å². The molecule has 0 aromatic heterocycles. The van der Waals surface area contributed by atoms with E-state index in [9.17, 15) is 0 Å². The van der Waals surface area contributed by atoms with Crippen LogP contribution in [0.5, 0.6) is 0 Å². The summed E-state index contributed by atoms with van der Waals surface area (Å²) in [5, 5.41) is 3.50. The number of fused-ring (bicyclic) bond motifs is 5. The van der Waals surface area contributed by atoms with E-state index in [-0.39, 0.29) is 0 Å². The lowest BCUT2D eigenvalue weighted by Crippen LogP contribution is -2.26. The quantitative estimate of drug-likeness (QED) is 0.487. The van der Waals surface area contributed by atoms with Crippen LogP contribution in [0.15, 0.2) is 28.7 Å². The molecule has 21 heavy (non-hydrogen) atoms. The third-order valence-electron chi connectivity index (χ3n) is 5.81. The molecule has 0 spiro atoms. The van der Waals surface area contributed by atoms with E-state index in [1.807, 2.05) is 6.07 Å². The van der Waals surface area contributed by atoms with E-state index in [0.29, 0.717) is 5.41 Å². The molecule has 1 fully saturated rings. The molecular weight excluding hydrogens is 344 g/mol. The first-order chi connectivity index (χ1) is 9.98. The minimum Gasteiger partial charge on any atom is -0.0843 e. The van der Waals surface area contributed by atoms with Crippen LogP contribution >= 0.6 is 27.5 Å². The van der Waals surface area contributed by atoms with Gasteiger partial charge < -0.3 is 0 Å². The summed E-state index contributed by atoms with van der Waals surface area (Å²) in [7, 11) is 0. The maximum absolute atomic E-state index is 6.26. The lowest BCUT2D eigenvalue weighted by Gasteiger charge is -2.38. The maximum atomic E-state index is 6.26. The Morgan fingerprint density at radius 1 is 1.24 bits per heavy atom. The Morgan fingerprint density at radius 3 is 2.86 bits per heavy atom. The van der Waals surface area contributed by atoms with Gasteiger partial charge in [0.25, 0.3) is 0 Å². The van der Waals surface area contributed by atoms with E-state index in [1.165, 1.54) is 40.9 Å². The van der Waals surface area contributed by atoms with Crippen LogP contribution in [0.1, 0.15) is 50.2 Å². The van der Waals surface area contributed by atoms with E-state index in [0.717, 1.165) is 16.9 Å². The summed E-state index contributed by atoms with van der Waals surface area (Å²) >= 11 is 10.0. The Morgan fingerprint density at radius 2 is 2.05 bits per heavy atom. The molecule has 0 heterocycles. The zero-order valence-electron chi connectivity index (χ0n) is 12.5. The lowest BCUT2D eigenvalue weighted by molar-refractivity contribution is 0.248. The van der Waals surface area contributed by atoms with Crippen molar-refractivity contribution < 1.29 is 0 Å². The summed E-state index contributed by atoms with van der Waals surface area (Å²) in [5.41, 5.74) is 3.62. The Hall–Kier alpha value is -0.530. The molecule has 0 radical (unpaired) electrons. The molecule has 2 aliphatic rings. The van der Waals surface area contributed by atoms with Gasteiger partial charge in [-0.15, -0.1) is 0 Å². The number of rotatable bonds is 0. The van der Waals surface area contributed by atoms with Crippen molar-refractivity contribution in [1.29, 1.82) is 0 Å². The third kappa shape index (κ3) is 2.08. The first-order valence-corrected chi connectivity index (χ1v) is 9.05. The number of aryl methyl sites for hydroxylation is 1. The number of halogens is 2. The average Bonchev–Trinajstić information content (AvgIpc) is 2.73. The Bertz CT molecular complexity index is 736. The molecule has 2 aliphatic carbocycles. The predicted octanol–water partition coefficient (Wildman–Crippen LogP) is 6.72. The van der Waals surface area contributed by atoms with Gasteiger partial charge in [0.15, 0.2) is 0 Å². The van der Waals surface area contributed by atoms with Gasteiger partial charge >= 0.3 is 0 Å². The number of hydrogen-bond acceptors (Lipinski definition) is 0. The van der Waals surface area contributed by atoms with E-state index in [4.69, 9.17) is 11.6 Å². The second kappa shape index (κ2) is 4.73. The zero-order valence-corrected chi connectivity index (χ0v) is 14.9. The maximum Gasteiger partial charge on any atom is 0.0412 e. The highest BCUT2D eigenvalue weighted by atomic mass is 79.9. The third-order valence-corrected chi connectivity index (χ3v) is 6.70. The van der Waals surface area contributed by atoms with Gasteiger partial charge in [0, 0.05) is 9.50 Å². The fourth-order valence-corrected chi connectivity index (χ4v) is 5.68. The molecule has 1 saturated carbocycles. The first kappa shape index (κ1) is 14.1. The fraction of sp³-hybridized carbons (Fsp3) is 0.474. The van der Waals surface area contributed by atoms with Crippen LogP contribution in [-0.4, -0.2) is 0 Å². The summed E-state index contributed by atoms with van der Waals surface area (Å²) in [6.07, 6.45) is 5.22. The lowest BCUT2D eigenvalue weighted by atomic mass is 9.66. The largest absolute Gasteiger partial charge is 0.0843 e. The SMILES string of the molecule is C[C@H]1C[C@@H]2c3cc(Br)c4ccc(Cl)cc4c3CC[C@@]2(C)C1. The molecule has 2 aromatic rings. The normalized spacial score (nSPS) is 31.2. The van der Waals surface area contributed by atoms with Crippen LogP contribution in [0.2, 0.25) is 5.02 Å². The fourth-order valence-electron chi connectivity index (χ4n) is 4.92. The Labute approximate surface area is 140 Å². The molecule has 0 saturated heterocycles. The highest BCUT2D eigenvalue weighted by Crippen LogP contribution is 2.58. The molecule has 0 unspecified atom stereocenters.